The molecule has 0 amide bonds. The number of hydrogen-bond donors (Lipinski definition) is 2. The van der Waals surface area contributed by atoms with Crippen molar-refractivity contribution in [2.75, 3.05) is 24.2 Å². The van der Waals surface area contributed by atoms with Gasteiger partial charge in [-0.3, -0.25) is 0 Å². The van der Waals surface area contributed by atoms with Crippen LogP contribution in [0.25, 0.3) is 0 Å². The molecular weight excluding hydrogens is 236 g/mol. The van der Waals surface area contributed by atoms with Crippen LogP contribution in [0, 0.1) is 11.3 Å². The molecule has 0 spiro atoms. The molecular formula is C15H26N4. The zero-order chi connectivity index (χ0) is 14.3. The van der Waals surface area contributed by atoms with Gasteiger partial charge in [0.25, 0.3) is 0 Å². The van der Waals surface area contributed by atoms with Gasteiger partial charge in [0.15, 0.2) is 0 Å². The zero-order valence-electron chi connectivity index (χ0n) is 13.0. The Bertz CT molecular complexity index is 460. The predicted octanol–water partition coefficient (Wildman–Crippen LogP) is 3.27. The Morgan fingerprint density at radius 3 is 2.32 bits per heavy atom. The van der Waals surface area contributed by atoms with Gasteiger partial charge in [-0.25, -0.2) is 9.97 Å². The molecule has 0 aromatic carbocycles. The van der Waals surface area contributed by atoms with Crippen molar-refractivity contribution < 1.29 is 0 Å². The highest BCUT2D eigenvalue weighted by Crippen LogP contribution is 2.51. The van der Waals surface area contributed by atoms with Gasteiger partial charge in [-0.15, -0.1) is 0 Å². The van der Waals surface area contributed by atoms with E-state index in [0.29, 0.717) is 5.41 Å². The number of nitrogens with one attached hydrogen (secondary N) is 2. The summed E-state index contributed by atoms with van der Waals surface area (Å²) in [6, 6.07) is 1.98. The molecule has 106 valence electrons. The molecule has 0 bridgehead atoms. The van der Waals surface area contributed by atoms with Crippen LogP contribution in [0.4, 0.5) is 11.6 Å². The van der Waals surface area contributed by atoms with E-state index in [9.17, 15) is 0 Å². The third kappa shape index (κ3) is 3.37. The summed E-state index contributed by atoms with van der Waals surface area (Å²) in [7, 11) is 1.89. The van der Waals surface area contributed by atoms with Crippen molar-refractivity contribution >= 4 is 11.6 Å². The molecule has 19 heavy (non-hydrogen) atoms. The number of aromatic nitrogens is 2. The zero-order valence-corrected chi connectivity index (χ0v) is 13.0. The molecule has 0 saturated heterocycles. The van der Waals surface area contributed by atoms with Crippen molar-refractivity contribution in [3.63, 3.8) is 0 Å². The van der Waals surface area contributed by atoms with E-state index < -0.39 is 0 Å². The molecule has 1 heterocycles. The van der Waals surface area contributed by atoms with E-state index in [1.165, 1.54) is 6.42 Å². The summed E-state index contributed by atoms with van der Waals surface area (Å²) in [5, 5.41) is 6.57. The maximum absolute atomic E-state index is 4.64. The van der Waals surface area contributed by atoms with Gasteiger partial charge in [-0.05, 0) is 17.8 Å². The lowest BCUT2D eigenvalue weighted by molar-refractivity contribution is 0.545. The van der Waals surface area contributed by atoms with Crippen LogP contribution in [0.2, 0.25) is 0 Å². The molecule has 1 aromatic rings. The van der Waals surface area contributed by atoms with Crippen LogP contribution in [-0.4, -0.2) is 23.6 Å². The fraction of sp³-hybridized carbons (Fsp3) is 0.733. The highest BCUT2D eigenvalue weighted by Gasteiger charge is 2.45. The maximum atomic E-state index is 4.64. The van der Waals surface area contributed by atoms with Crippen molar-refractivity contribution in [2.45, 2.75) is 46.5 Å². The first-order valence-electron chi connectivity index (χ1n) is 7.03. The van der Waals surface area contributed by atoms with Crippen LogP contribution < -0.4 is 10.6 Å². The molecule has 1 atom stereocenters. The van der Waals surface area contributed by atoms with Gasteiger partial charge in [0, 0.05) is 25.1 Å². The average molecular weight is 262 g/mol. The fourth-order valence-corrected chi connectivity index (χ4v) is 2.15. The Balaban J connectivity index is 2.11. The molecule has 1 unspecified atom stereocenters. The Labute approximate surface area is 116 Å². The lowest BCUT2D eigenvalue weighted by Gasteiger charge is -2.19. The van der Waals surface area contributed by atoms with E-state index in [1.54, 1.807) is 0 Å². The lowest BCUT2D eigenvalue weighted by atomic mass is 9.96. The molecule has 1 aliphatic rings. The van der Waals surface area contributed by atoms with E-state index in [0.717, 1.165) is 29.9 Å². The molecule has 4 heteroatoms. The van der Waals surface area contributed by atoms with E-state index in [4.69, 9.17) is 0 Å². The van der Waals surface area contributed by atoms with Gasteiger partial charge in [0.1, 0.15) is 17.5 Å². The normalized spacial score (nSPS) is 21.1. The first kappa shape index (κ1) is 14.1. The lowest BCUT2D eigenvalue weighted by Crippen LogP contribution is -2.19. The number of hydrogen-bond acceptors (Lipinski definition) is 4. The first-order valence-corrected chi connectivity index (χ1v) is 7.03. The minimum absolute atomic E-state index is 0.0395. The topological polar surface area (TPSA) is 49.8 Å². The number of nitrogens with zero attached hydrogens (tertiary/aromatic N) is 2. The average Bonchev–Trinajstić information content (AvgIpc) is 2.93. The molecule has 1 saturated carbocycles. The minimum Gasteiger partial charge on any atom is -0.373 e. The first-order chi connectivity index (χ1) is 8.72. The summed E-state index contributed by atoms with van der Waals surface area (Å²) in [5.74, 6) is 3.43. The molecule has 0 aliphatic heterocycles. The van der Waals surface area contributed by atoms with Crippen molar-refractivity contribution in [3.8, 4) is 0 Å². The summed E-state index contributed by atoms with van der Waals surface area (Å²) in [4.78, 5) is 9.17. The fourth-order valence-electron chi connectivity index (χ4n) is 2.15. The van der Waals surface area contributed by atoms with Gasteiger partial charge in [0.05, 0.1) is 0 Å². The molecule has 2 N–H and O–H groups in total. The number of rotatable bonds is 4. The molecule has 0 radical (unpaired) electrons. The smallest absolute Gasteiger partial charge is 0.138 e. The molecule has 2 rings (SSSR count). The van der Waals surface area contributed by atoms with Crippen LogP contribution in [0.1, 0.15) is 46.9 Å². The van der Waals surface area contributed by atoms with Crippen molar-refractivity contribution in [1.82, 2.24) is 9.97 Å². The molecule has 4 nitrogen and oxygen atoms in total. The SMILES string of the molecule is CNc1cc(NCC2CC2(C)C)nc(C(C)(C)C)n1. The third-order valence-electron chi connectivity index (χ3n) is 3.90. The van der Waals surface area contributed by atoms with Crippen LogP contribution in [0.15, 0.2) is 6.07 Å². The molecule has 1 aliphatic carbocycles. The summed E-state index contributed by atoms with van der Waals surface area (Å²) in [5.41, 5.74) is 0.459. The minimum atomic E-state index is -0.0395. The van der Waals surface area contributed by atoms with Crippen molar-refractivity contribution in [2.24, 2.45) is 11.3 Å². The van der Waals surface area contributed by atoms with Crippen LogP contribution >= 0.6 is 0 Å². The Kier molecular flexibility index (Phi) is 3.45. The second kappa shape index (κ2) is 4.66. The van der Waals surface area contributed by atoms with Crippen LogP contribution in [-0.2, 0) is 5.41 Å². The van der Waals surface area contributed by atoms with E-state index >= 15 is 0 Å². The van der Waals surface area contributed by atoms with Gasteiger partial charge in [-0.1, -0.05) is 34.6 Å². The van der Waals surface area contributed by atoms with Gasteiger partial charge in [0.2, 0.25) is 0 Å². The summed E-state index contributed by atoms with van der Waals surface area (Å²) in [6.07, 6.45) is 1.30. The number of anilines is 2. The highest BCUT2D eigenvalue weighted by atomic mass is 15.1. The van der Waals surface area contributed by atoms with E-state index in [-0.39, 0.29) is 5.41 Å². The van der Waals surface area contributed by atoms with Gasteiger partial charge >= 0.3 is 0 Å². The maximum Gasteiger partial charge on any atom is 0.138 e. The Hall–Kier alpha value is -1.32. The van der Waals surface area contributed by atoms with Crippen molar-refractivity contribution in [3.05, 3.63) is 11.9 Å². The monoisotopic (exact) mass is 262 g/mol. The predicted molar refractivity (Wildman–Crippen MR) is 80.7 cm³/mol. The Morgan fingerprint density at radius 1 is 1.26 bits per heavy atom. The molecule has 1 fully saturated rings. The highest BCUT2D eigenvalue weighted by molar-refractivity contribution is 5.48. The van der Waals surface area contributed by atoms with Crippen molar-refractivity contribution in [1.29, 1.82) is 0 Å². The quantitative estimate of drug-likeness (QED) is 0.874. The van der Waals surface area contributed by atoms with Crippen LogP contribution in [0.5, 0.6) is 0 Å². The third-order valence-corrected chi connectivity index (χ3v) is 3.90. The summed E-state index contributed by atoms with van der Waals surface area (Å²) < 4.78 is 0. The summed E-state index contributed by atoms with van der Waals surface area (Å²) in [6.45, 7) is 12.0. The largest absolute Gasteiger partial charge is 0.373 e. The summed E-state index contributed by atoms with van der Waals surface area (Å²) >= 11 is 0. The Morgan fingerprint density at radius 2 is 1.84 bits per heavy atom. The van der Waals surface area contributed by atoms with Gasteiger partial charge < -0.3 is 10.6 Å². The van der Waals surface area contributed by atoms with Gasteiger partial charge in [-0.2, -0.15) is 0 Å². The molecule has 1 aromatic heterocycles. The second-order valence-electron chi connectivity index (χ2n) is 7.23. The van der Waals surface area contributed by atoms with E-state index in [1.807, 2.05) is 13.1 Å². The second-order valence-corrected chi connectivity index (χ2v) is 7.23. The standard InChI is InChI=1S/C15H26N4/c1-14(2,3)13-18-11(16-6)7-12(19-13)17-9-10-8-15(10,4)5/h7,10H,8-9H2,1-6H3,(H2,16,17,18,19). The van der Waals surface area contributed by atoms with Crippen LogP contribution in [0.3, 0.4) is 0 Å². The van der Waals surface area contributed by atoms with E-state index in [2.05, 4.69) is 55.2 Å².